The van der Waals surface area contributed by atoms with Gasteiger partial charge in [0.25, 0.3) is 0 Å². The van der Waals surface area contributed by atoms with E-state index in [4.69, 9.17) is 5.84 Å². The molecule has 0 aliphatic rings. The lowest BCUT2D eigenvalue weighted by Gasteiger charge is -2.16. The van der Waals surface area contributed by atoms with Crippen molar-refractivity contribution < 1.29 is 4.39 Å². The molecule has 2 aromatic rings. The monoisotopic (exact) mass is 309 g/mol. The maximum Gasteiger partial charge on any atom is 0.141 e. The molecule has 0 fully saturated rings. The number of pyridine rings is 1. The van der Waals surface area contributed by atoms with E-state index < -0.39 is 0 Å². The van der Waals surface area contributed by atoms with Gasteiger partial charge in [-0.15, -0.1) is 0 Å². The molecule has 94 valence electrons. The van der Waals surface area contributed by atoms with E-state index in [1.807, 2.05) is 24.3 Å². The number of aromatic nitrogens is 1. The molecule has 1 atom stereocenters. The van der Waals surface area contributed by atoms with Gasteiger partial charge in [-0.2, -0.15) is 0 Å². The van der Waals surface area contributed by atoms with Crippen LogP contribution < -0.4 is 11.3 Å². The number of halogens is 2. The summed E-state index contributed by atoms with van der Waals surface area (Å²) in [5, 5.41) is 0. The van der Waals surface area contributed by atoms with Crippen molar-refractivity contribution in [1.82, 2.24) is 10.4 Å². The van der Waals surface area contributed by atoms with E-state index in [2.05, 4.69) is 26.3 Å². The summed E-state index contributed by atoms with van der Waals surface area (Å²) < 4.78 is 14.1. The average molecular weight is 310 g/mol. The molecular weight excluding hydrogens is 297 g/mol. The fourth-order valence-corrected chi connectivity index (χ4v) is 2.01. The molecule has 5 heteroatoms. The van der Waals surface area contributed by atoms with Crippen LogP contribution in [0.2, 0.25) is 0 Å². The zero-order chi connectivity index (χ0) is 13.0. The molecular formula is C13H13BrFN3. The average Bonchev–Trinajstić information content (AvgIpc) is 2.38. The maximum atomic E-state index is 13.1. The van der Waals surface area contributed by atoms with Crippen molar-refractivity contribution in [2.45, 2.75) is 12.5 Å². The Morgan fingerprint density at radius 1 is 1.28 bits per heavy atom. The second-order valence-corrected chi connectivity index (χ2v) is 4.90. The van der Waals surface area contributed by atoms with Gasteiger partial charge in [-0.3, -0.25) is 16.3 Å². The third kappa shape index (κ3) is 3.35. The zero-order valence-electron chi connectivity index (χ0n) is 9.61. The minimum absolute atomic E-state index is 0.158. The molecule has 1 unspecified atom stereocenters. The lowest BCUT2D eigenvalue weighted by atomic mass is 10.0. The standard InChI is InChI=1S/C13H13BrFN3/c14-11-3-1-9(2-4-11)5-13(18-16)10-6-12(15)8-17-7-10/h1-4,6-8,13,18H,5,16H2. The molecule has 1 aromatic heterocycles. The highest BCUT2D eigenvalue weighted by atomic mass is 79.9. The Hall–Kier alpha value is -1.30. The summed E-state index contributed by atoms with van der Waals surface area (Å²) in [5.41, 5.74) is 4.54. The minimum atomic E-state index is -0.358. The third-order valence-corrected chi connectivity index (χ3v) is 3.21. The fraction of sp³-hybridized carbons (Fsp3) is 0.154. The molecule has 2 rings (SSSR count). The van der Waals surface area contributed by atoms with Crippen LogP contribution >= 0.6 is 15.9 Å². The first-order chi connectivity index (χ1) is 8.69. The van der Waals surface area contributed by atoms with Crippen molar-refractivity contribution in [3.05, 3.63) is 64.1 Å². The van der Waals surface area contributed by atoms with Gasteiger partial charge in [-0.05, 0) is 35.7 Å². The van der Waals surface area contributed by atoms with Gasteiger partial charge in [0.2, 0.25) is 0 Å². The Morgan fingerprint density at radius 2 is 2.00 bits per heavy atom. The molecule has 3 nitrogen and oxygen atoms in total. The molecule has 1 heterocycles. The summed E-state index contributed by atoms with van der Waals surface area (Å²) in [5.74, 6) is 5.17. The molecule has 0 aliphatic heterocycles. The van der Waals surface area contributed by atoms with Gasteiger partial charge in [0.15, 0.2) is 0 Å². The predicted molar refractivity (Wildman–Crippen MR) is 72.1 cm³/mol. The molecule has 0 saturated heterocycles. The van der Waals surface area contributed by atoms with Crippen molar-refractivity contribution in [1.29, 1.82) is 0 Å². The Labute approximate surface area is 113 Å². The predicted octanol–water partition coefficient (Wildman–Crippen LogP) is 2.73. The molecule has 3 N–H and O–H groups in total. The summed E-state index contributed by atoms with van der Waals surface area (Å²) in [7, 11) is 0. The topological polar surface area (TPSA) is 50.9 Å². The number of nitrogens with one attached hydrogen (secondary N) is 1. The summed E-state index contributed by atoms with van der Waals surface area (Å²) in [4.78, 5) is 3.83. The fourth-order valence-electron chi connectivity index (χ4n) is 1.75. The second kappa shape index (κ2) is 6.04. The summed E-state index contributed by atoms with van der Waals surface area (Å²) in [6.07, 6.45) is 3.47. The second-order valence-electron chi connectivity index (χ2n) is 3.99. The van der Waals surface area contributed by atoms with Gasteiger partial charge in [-0.1, -0.05) is 28.1 Å². The molecule has 0 saturated carbocycles. The van der Waals surface area contributed by atoms with Crippen molar-refractivity contribution in [2.75, 3.05) is 0 Å². The van der Waals surface area contributed by atoms with Crippen LogP contribution in [-0.4, -0.2) is 4.98 Å². The number of hydrogen-bond acceptors (Lipinski definition) is 3. The van der Waals surface area contributed by atoms with Crippen LogP contribution in [0.4, 0.5) is 4.39 Å². The number of nitrogens with two attached hydrogens (primary N) is 1. The number of rotatable bonds is 4. The van der Waals surface area contributed by atoms with E-state index >= 15 is 0 Å². The normalized spacial score (nSPS) is 12.4. The van der Waals surface area contributed by atoms with Gasteiger partial charge >= 0.3 is 0 Å². The van der Waals surface area contributed by atoms with Crippen LogP contribution in [-0.2, 0) is 6.42 Å². The van der Waals surface area contributed by atoms with Gasteiger partial charge in [0.1, 0.15) is 5.82 Å². The van der Waals surface area contributed by atoms with Gasteiger partial charge in [0, 0.05) is 10.7 Å². The van der Waals surface area contributed by atoms with Crippen molar-refractivity contribution in [3.63, 3.8) is 0 Å². The van der Waals surface area contributed by atoms with E-state index in [0.717, 1.165) is 15.6 Å². The highest BCUT2D eigenvalue weighted by molar-refractivity contribution is 9.10. The zero-order valence-corrected chi connectivity index (χ0v) is 11.2. The SMILES string of the molecule is NNC(Cc1ccc(Br)cc1)c1cncc(F)c1. The maximum absolute atomic E-state index is 13.1. The van der Waals surface area contributed by atoms with Crippen LogP contribution in [0.15, 0.2) is 47.2 Å². The van der Waals surface area contributed by atoms with Gasteiger partial charge in [-0.25, -0.2) is 4.39 Å². The van der Waals surface area contributed by atoms with E-state index in [1.165, 1.54) is 12.3 Å². The third-order valence-electron chi connectivity index (χ3n) is 2.68. The largest absolute Gasteiger partial charge is 0.271 e. The van der Waals surface area contributed by atoms with Gasteiger partial charge in [0.05, 0.1) is 12.2 Å². The number of hydrogen-bond donors (Lipinski definition) is 2. The Balaban J connectivity index is 2.17. The van der Waals surface area contributed by atoms with E-state index in [1.54, 1.807) is 6.20 Å². The highest BCUT2D eigenvalue weighted by Gasteiger charge is 2.11. The van der Waals surface area contributed by atoms with Crippen molar-refractivity contribution >= 4 is 15.9 Å². The molecule has 0 aliphatic carbocycles. The number of benzene rings is 1. The molecule has 1 aromatic carbocycles. The van der Waals surface area contributed by atoms with Crippen LogP contribution in [0, 0.1) is 5.82 Å². The number of nitrogens with zero attached hydrogens (tertiary/aromatic N) is 1. The van der Waals surface area contributed by atoms with Crippen molar-refractivity contribution in [3.8, 4) is 0 Å². The Bertz CT molecular complexity index is 516. The molecule has 0 spiro atoms. The van der Waals surface area contributed by atoms with Crippen LogP contribution in [0.5, 0.6) is 0 Å². The highest BCUT2D eigenvalue weighted by Crippen LogP contribution is 2.19. The molecule has 0 amide bonds. The first kappa shape index (κ1) is 13.1. The van der Waals surface area contributed by atoms with Gasteiger partial charge < -0.3 is 0 Å². The van der Waals surface area contributed by atoms with Crippen molar-refractivity contribution in [2.24, 2.45) is 5.84 Å². The first-order valence-corrected chi connectivity index (χ1v) is 6.29. The quantitative estimate of drug-likeness (QED) is 0.674. The van der Waals surface area contributed by atoms with E-state index in [-0.39, 0.29) is 11.9 Å². The first-order valence-electron chi connectivity index (χ1n) is 5.50. The van der Waals surface area contributed by atoms with E-state index in [9.17, 15) is 4.39 Å². The smallest absolute Gasteiger partial charge is 0.141 e. The summed E-state index contributed by atoms with van der Waals surface area (Å²) in [6, 6.07) is 9.22. The minimum Gasteiger partial charge on any atom is -0.271 e. The molecule has 18 heavy (non-hydrogen) atoms. The molecule has 0 bridgehead atoms. The molecule has 0 radical (unpaired) electrons. The van der Waals surface area contributed by atoms with E-state index in [0.29, 0.717) is 6.42 Å². The van der Waals surface area contributed by atoms with Crippen LogP contribution in [0.3, 0.4) is 0 Å². The summed E-state index contributed by atoms with van der Waals surface area (Å²) in [6.45, 7) is 0. The summed E-state index contributed by atoms with van der Waals surface area (Å²) >= 11 is 3.38. The number of hydrazine groups is 1. The Kier molecular flexibility index (Phi) is 4.41. The lowest BCUT2D eigenvalue weighted by molar-refractivity contribution is 0.541. The van der Waals surface area contributed by atoms with Crippen LogP contribution in [0.25, 0.3) is 0 Å². The lowest BCUT2D eigenvalue weighted by Crippen LogP contribution is -2.29. The Morgan fingerprint density at radius 3 is 2.61 bits per heavy atom. The van der Waals surface area contributed by atoms with Crippen LogP contribution in [0.1, 0.15) is 17.2 Å².